The second-order valence-corrected chi connectivity index (χ2v) is 3.70. The lowest BCUT2D eigenvalue weighted by Gasteiger charge is -2.10. The monoisotopic (exact) mass is 247 g/mol. The summed E-state index contributed by atoms with van der Waals surface area (Å²) in [6.45, 7) is 2.63. The molecule has 2 aromatic rings. The minimum absolute atomic E-state index is 0.211. The molecule has 0 spiro atoms. The van der Waals surface area contributed by atoms with Crippen LogP contribution in [0, 0.1) is 5.95 Å². The van der Waals surface area contributed by atoms with Gasteiger partial charge < -0.3 is 9.47 Å². The van der Waals surface area contributed by atoms with Crippen molar-refractivity contribution in [3.8, 4) is 17.4 Å². The normalized spacial score (nSPS) is 10.1. The van der Waals surface area contributed by atoms with Crippen LogP contribution in [0.25, 0.3) is 0 Å². The summed E-state index contributed by atoms with van der Waals surface area (Å²) in [5.41, 5.74) is 0. The maximum absolute atomic E-state index is 13.0. The minimum Gasteiger partial charge on any atom is -0.490 e. The van der Waals surface area contributed by atoms with Crippen molar-refractivity contribution in [3.05, 3.63) is 48.4 Å². The highest BCUT2D eigenvalue weighted by Gasteiger charge is 2.06. The first-order valence-electron chi connectivity index (χ1n) is 5.82. The van der Waals surface area contributed by atoms with E-state index in [1.54, 1.807) is 18.2 Å². The van der Waals surface area contributed by atoms with Crippen molar-refractivity contribution in [1.29, 1.82) is 0 Å². The van der Waals surface area contributed by atoms with Crippen LogP contribution in [0.5, 0.6) is 17.4 Å². The van der Waals surface area contributed by atoms with Gasteiger partial charge in [0.15, 0.2) is 11.5 Å². The Labute approximate surface area is 105 Å². The van der Waals surface area contributed by atoms with Crippen LogP contribution in [-0.4, -0.2) is 11.6 Å². The minimum atomic E-state index is -0.570. The molecule has 0 bridgehead atoms. The second kappa shape index (κ2) is 6.00. The highest BCUT2D eigenvalue weighted by molar-refractivity contribution is 5.41. The van der Waals surface area contributed by atoms with E-state index in [1.807, 2.05) is 25.1 Å². The number of halogens is 1. The topological polar surface area (TPSA) is 31.4 Å². The van der Waals surface area contributed by atoms with Crippen LogP contribution in [0.1, 0.15) is 13.3 Å². The van der Waals surface area contributed by atoms with Crippen molar-refractivity contribution in [3.63, 3.8) is 0 Å². The van der Waals surface area contributed by atoms with Gasteiger partial charge in [0, 0.05) is 6.07 Å². The van der Waals surface area contributed by atoms with Crippen molar-refractivity contribution in [1.82, 2.24) is 4.98 Å². The maximum atomic E-state index is 13.0. The molecule has 0 atom stereocenters. The molecule has 1 heterocycles. The lowest BCUT2D eigenvalue weighted by Crippen LogP contribution is -1.98. The van der Waals surface area contributed by atoms with Crippen molar-refractivity contribution in [2.75, 3.05) is 6.61 Å². The first-order chi connectivity index (χ1) is 8.79. The summed E-state index contributed by atoms with van der Waals surface area (Å²) in [7, 11) is 0. The molecule has 0 unspecified atom stereocenters. The van der Waals surface area contributed by atoms with Gasteiger partial charge in [0.2, 0.25) is 11.8 Å². The number of nitrogens with zero attached hydrogens (tertiary/aromatic N) is 1. The summed E-state index contributed by atoms with van der Waals surface area (Å²) in [5.74, 6) is 0.802. The molecule has 0 amide bonds. The molecule has 1 aromatic heterocycles. The average Bonchev–Trinajstić information content (AvgIpc) is 2.38. The first kappa shape index (κ1) is 12.4. The predicted molar refractivity (Wildman–Crippen MR) is 66.5 cm³/mol. The molecule has 0 fully saturated rings. The van der Waals surface area contributed by atoms with Crippen LogP contribution >= 0.6 is 0 Å². The molecule has 0 saturated carbocycles. The third-order valence-corrected chi connectivity index (χ3v) is 2.21. The summed E-state index contributed by atoms with van der Waals surface area (Å²) in [4.78, 5) is 3.65. The molecule has 1 aromatic carbocycles. The third kappa shape index (κ3) is 3.20. The number of hydrogen-bond donors (Lipinski definition) is 0. The SMILES string of the molecule is CCCOc1ccccc1Oc1cccc(F)n1. The Kier molecular flexibility index (Phi) is 4.12. The molecule has 0 N–H and O–H groups in total. The van der Waals surface area contributed by atoms with Crippen LogP contribution in [-0.2, 0) is 0 Å². The Morgan fingerprint density at radius 1 is 1.06 bits per heavy atom. The van der Waals surface area contributed by atoms with E-state index in [2.05, 4.69) is 4.98 Å². The fourth-order valence-electron chi connectivity index (χ4n) is 1.42. The molecule has 0 aliphatic carbocycles. The molecule has 0 radical (unpaired) electrons. The highest BCUT2D eigenvalue weighted by atomic mass is 19.1. The van der Waals surface area contributed by atoms with Crippen LogP contribution in [0.4, 0.5) is 4.39 Å². The third-order valence-electron chi connectivity index (χ3n) is 2.21. The lowest BCUT2D eigenvalue weighted by atomic mass is 10.3. The van der Waals surface area contributed by atoms with E-state index in [1.165, 1.54) is 6.07 Å². The molecule has 94 valence electrons. The standard InChI is InChI=1S/C14H14FNO2/c1-2-10-17-11-6-3-4-7-12(11)18-14-9-5-8-13(15)16-14/h3-9H,2,10H2,1H3. The van der Waals surface area contributed by atoms with Gasteiger partial charge in [-0.25, -0.2) is 0 Å². The van der Waals surface area contributed by atoms with Gasteiger partial charge in [-0.1, -0.05) is 25.1 Å². The van der Waals surface area contributed by atoms with Gasteiger partial charge in [0.05, 0.1) is 6.61 Å². The van der Waals surface area contributed by atoms with Crippen molar-refractivity contribution in [2.45, 2.75) is 13.3 Å². The van der Waals surface area contributed by atoms with Gasteiger partial charge in [-0.15, -0.1) is 0 Å². The zero-order chi connectivity index (χ0) is 12.8. The Balaban J connectivity index is 2.17. The van der Waals surface area contributed by atoms with Gasteiger partial charge >= 0.3 is 0 Å². The summed E-state index contributed by atoms with van der Waals surface area (Å²) in [5, 5.41) is 0. The number of hydrogen-bond acceptors (Lipinski definition) is 3. The number of para-hydroxylation sites is 2. The van der Waals surface area contributed by atoms with Crippen molar-refractivity contribution < 1.29 is 13.9 Å². The van der Waals surface area contributed by atoms with E-state index in [4.69, 9.17) is 9.47 Å². The van der Waals surface area contributed by atoms with Crippen molar-refractivity contribution >= 4 is 0 Å². The smallest absolute Gasteiger partial charge is 0.222 e. The Morgan fingerprint density at radius 2 is 1.83 bits per heavy atom. The molecular formula is C14H14FNO2. The van der Waals surface area contributed by atoms with Gasteiger partial charge in [-0.2, -0.15) is 9.37 Å². The number of pyridine rings is 1. The number of rotatable bonds is 5. The van der Waals surface area contributed by atoms with Gasteiger partial charge in [0.1, 0.15) is 0 Å². The number of ether oxygens (including phenoxy) is 2. The molecule has 0 aliphatic heterocycles. The van der Waals surface area contributed by atoms with E-state index >= 15 is 0 Å². The van der Waals surface area contributed by atoms with Crippen molar-refractivity contribution in [2.24, 2.45) is 0 Å². The average molecular weight is 247 g/mol. The molecule has 0 saturated heterocycles. The quantitative estimate of drug-likeness (QED) is 0.753. The summed E-state index contributed by atoms with van der Waals surface area (Å²) < 4.78 is 24.0. The summed E-state index contributed by atoms with van der Waals surface area (Å²) >= 11 is 0. The van der Waals surface area contributed by atoms with Crippen LogP contribution < -0.4 is 9.47 Å². The fourth-order valence-corrected chi connectivity index (χ4v) is 1.42. The predicted octanol–water partition coefficient (Wildman–Crippen LogP) is 3.80. The maximum Gasteiger partial charge on any atom is 0.222 e. The molecule has 4 heteroatoms. The highest BCUT2D eigenvalue weighted by Crippen LogP contribution is 2.30. The van der Waals surface area contributed by atoms with Gasteiger partial charge in [-0.05, 0) is 24.6 Å². The lowest BCUT2D eigenvalue weighted by molar-refractivity contribution is 0.300. The van der Waals surface area contributed by atoms with E-state index in [0.717, 1.165) is 6.42 Å². The van der Waals surface area contributed by atoms with E-state index in [-0.39, 0.29) is 5.88 Å². The molecule has 0 aliphatic rings. The van der Waals surface area contributed by atoms with E-state index < -0.39 is 5.95 Å². The van der Waals surface area contributed by atoms with Crippen LogP contribution in [0.3, 0.4) is 0 Å². The van der Waals surface area contributed by atoms with Gasteiger partial charge in [-0.3, -0.25) is 0 Å². The molecular weight excluding hydrogens is 233 g/mol. The molecule has 2 rings (SSSR count). The van der Waals surface area contributed by atoms with Gasteiger partial charge in [0.25, 0.3) is 0 Å². The Bertz CT molecular complexity index is 517. The summed E-state index contributed by atoms with van der Waals surface area (Å²) in [6.07, 6.45) is 0.909. The zero-order valence-electron chi connectivity index (χ0n) is 10.1. The molecule has 3 nitrogen and oxygen atoms in total. The largest absolute Gasteiger partial charge is 0.490 e. The van der Waals surface area contributed by atoms with E-state index in [0.29, 0.717) is 18.1 Å². The molecule has 18 heavy (non-hydrogen) atoms. The summed E-state index contributed by atoms with van der Waals surface area (Å²) in [6, 6.07) is 11.7. The zero-order valence-corrected chi connectivity index (χ0v) is 10.1. The Morgan fingerprint density at radius 3 is 2.56 bits per heavy atom. The van der Waals surface area contributed by atoms with Crippen LogP contribution in [0.2, 0.25) is 0 Å². The van der Waals surface area contributed by atoms with E-state index in [9.17, 15) is 4.39 Å². The van der Waals surface area contributed by atoms with Crippen LogP contribution in [0.15, 0.2) is 42.5 Å². The second-order valence-electron chi connectivity index (χ2n) is 3.70. The first-order valence-corrected chi connectivity index (χ1v) is 5.82. The number of aromatic nitrogens is 1. The fraction of sp³-hybridized carbons (Fsp3) is 0.214. The Hall–Kier alpha value is -2.10. The number of benzene rings is 1.